The predicted octanol–water partition coefficient (Wildman–Crippen LogP) is 3.58. The van der Waals surface area contributed by atoms with Crippen molar-refractivity contribution in [2.75, 3.05) is 5.75 Å². The van der Waals surface area contributed by atoms with Crippen molar-refractivity contribution >= 4 is 11.8 Å². The van der Waals surface area contributed by atoms with Gasteiger partial charge in [-0.2, -0.15) is 0 Å². The summed E-state index contributed by atoms with van der Waals surface area (Å²) in [4.78, 5) is 5.81. The van der Waals surface area contributed by atoms with E-state index in [4.69, 9.17) is 0 Å². The van der Waals surface area contributed by atoms with Crippen LogP contribution in [0.1, 0.15) is 30.3 Å². The Kier molecular flexibility index (Phi) is 3.35. The SMILES string of the molecule is C[C@H](NC1CSc2ccccc21)c1ccccn1. The standard InChI is InChI=1S/C15H16N2S/c1-11(13-7-4-5-9-16-13)17-14-10-18-15-8-3-2-6-12(14)15/h2-9,11,14,17H,10H2,1H3/t11-,14?/m0/s1. The summed E-state index contributed by atoms with van der Waals surface area (Å²) in [6.45, 7) is 2.17. The number of nitrogens with one attached hydrogen (secondary N) is 1. The highest BCUT2D eigenvalue weighted by molar-refractivity contribution is 7.99. The van der Waals surface area contributed by atoms with E-state index in [1.807, 2.05) is 30.1 Å². The second kappa shape index (κ2) is 5.12. The van der Waals surface area contributed by atoms with E-state index < -0.39 is 0 Å². The second-order valence-electron chi connectivity index (χ2n) is 4.54. The van der Waals surface area contributed by atoms with Crippen molar-refractivity contribution < 1.29 is 0 Å². The molecule has 3 rings (SSSR count). The Hall–Kier alpha value is -1.32. The summed E-state index contributed by atoms with van der Waals surface area (Å²) in [6, 6.07) is 15.4. The lowest BCUT2D eigenvalue weighted by molar-refractivity contribution is 0.492. The molecule has 18 heavy (non-hydrogen) atoms. The van der Waals surface area contributed by atoms with Crippen molar-refractivity contribution in [1.29, 1.82) is 0 Å². The van der Waals surface area contributed by atoms with Crippen LogP contribution in [0.2, 0.25) is 0 Å². The molecule has 1 unspecified atom stereocenters. The third-order valence-electron chi connectivity index (χ3n) is 3.28. The molecule has 2 heterocycles. The highest BCUT2D eigenvalue weighted by atomic mass is 32.2. The largest absolute Gasteiger partial charge is 0.301 e. The number of benzene rings is 1. The fourth-order valence-electron chi connectivity index (χ4n) is 2.32. The lowest BCUT2D eigenvalue weighted by Gasteiger charge is -2.19. The van der Waals surface area contributed by atoms with E-state index in [1.165, 1.54) is 10.5 Å². The molecule has 1 aliphatic rings. The van der Waals surface area contributed by atoms with Crippen LogP contribution >= 0.6 is 11.8 Å². The minimum atomic E-state index is 0.281. The Labute approximate surface area is 112 Å². The number of rotatable bonds is 3. The van der Waals surface area contributed by atoms with Gasteiger partial charge in [-0.1, -0.05) is 24.3 Å². The van der Waals surface area contributed by atoms with Gasteiger partial charge in [0.1, 0.15) is 0 Å². The Morgan fingerprint density at radius 2 is 2.06 bits per heavy atom. The van der Waals surface area contributed by atoms with Crippen LogP contribution in [-0.2, 0) is 0 Å². The molecule has 92 valence electrons. The molecule has 0 fully saturated rings. The number of fused-ring (bicyclic) bond motifs is 1. The zero-order valence-corrected chi connectivity index (χ0v) is 11.2. The molecule has 2 nitrogen and oxygen atoms in total. The van der Waals surface area contributed by atoms with E-state index in [0.717, 1.165) is 11.4 Å². The summed E-state index contributed by atoms with van der Waals surface area (Å²) in [5, 5.41) is 3.67. The molecule has 0 bridgehead atoms. The van der Waals surface area contributed by atoms with Crippen LogP contribution in [0.25, 0.3) is 0 Å². The molecule has 1 aromatic carbocycles. The summed E-state index contributed by atoms with van der Waals surface area (Å²) in [5.74, 6) is 1.11. The first-order chi connectivity index (χ1) is 8.84. The average molecular weight is 256 g/mol. The van der Waals surface area contributed by atoms with Gasteiger partial charge in [0.2, 0.25) is 0 Å². The maximum absolute atomic E-state index is 4.41. The maximum atomic E-state index is 4.41. The average Bonchev–Trinajstić information content (AvgIpc) is 2.83. The fraction of sp³-hybridized carbons (Fsp3) is 0.267. The zero-order valence-electron chi connectivity index (χ0n) is 10.3. The van der Waals surface area contributed by atoms with E-state index in [1.54, 1.807) is 0 Å². The van der Waals surface area contributed by atoms with E-state index in [9.17, 15) is 0 Å². The van der Waals surface area contributed by atoms with E-state index >= 15 is 0 Å². The van der Waals surface area contributed by atoms with Crippen LogP contribution in [0, 0.1) is 0 Å². The summed E-state index contributed by atoms with van der Waals surface area (Å²) >= 11 is 1.93. The molecule has 2 atom stereocenters. The third-order valence-corrected chi connectivity index (χ3v) is 4.47. The smallest absolute Gasteiger partial charge is 0.0570 e. The van der Waals surface area contributed by atoms with Gasteiger partial charge in [0.25, 0.3) is 0 Å². The number of nitrogens with zero attached hydrogens (tertiary/aromatic N) is 1. The molecule has 2 aromatic rings. The molecule has 3 heteroatoms. The Morgan fingerprint density at radius 1 is 1.22 bits per heavy atom. The molecular weight excluding hydrogens is 240 g/mol. The van der Waals surface area contributed by atoms with E-state index in [-0.39, 0.29) is 6.04 Å². The molecule has 1 aromatic heterocycles. The van der Waals surface area contributed by atoms with Gasteiger partial charge >= 0.3 is 0 Å². The molecule has 1 N–H and O–H groups in total. The summed E-state index contributed by atoms with van der Waals surface area (Å²) in [7, 11) is 0. The molecule has 0 amide bonds. The van der Waals surface area contributed by atoms with Crippen molar-refractivity contribution in [2.24, 2.45) is 0 Å². The fourth-order valence-corrected chi connectivity index (χ4v) is 3.49. The second-order valence-corrected chi connectivity index (χ2v) is 5.61. The quantitative estimate of drug-likeness (QED) is 0.908. The molecule has 0 saturated heterocycles. The molecular formula is C15H16N2S. The highest BCUT2D eigenvalue weighted by Crippen LogP contribution is 2.38. The topological polar surface area (TPSA) is 24.9 Å². The van der Waals surface area contributed by atoms with Gasteiger partial charge < -0.3 is 5.32 Å². The minimum Gasteiger partial charge on any atom is -0.301 e. The Balaban J connectivity index is 1.75. The number of aromatic nitrogens is 1. The molecule has 0 aliphatic carbocycles. The first-order valence-corrected chi connectivity index (χ1v) is 7.22. The third kappa shape index (κ3) is 2.28. The van der Waals surface area contributed by atoms with Crippen LogP contribution in [0.5, 0.6) is 0 Å². The first-order valence-electron chi connectivity index (χ1n) is 6.23. The van der Waals surface area contributed by atoms with Gasteiger partial charge in [0, 0.05) is 28.9 Å². The predicted molar refractivity (Wildman–Crippen MR) is 75.7 cm³/mol. The Morgan fingerprint density at radius 3 is 2.89 bits per heavy atom. The van der Waals surface area contributed by atoms with Crippen LogP contribution in [0.3, 0.4) is 0 Å². The minimum absolute atomic E-state index is 0.281. The molecule has 0 saturated carbocycles. The van der Waals surface area contributed by atoms with Crippen LogP contribution in [0.15, 0.2) is 53.6 Å². The summed E-state index contributed by atoms with van der Waals surface area (Å²) < 4.78 is 0. The summed E-state index contributed by atoms with van der Waals surface area (Å²) in [6.07, 6.45) is 1.85. The first kappa shape index (κ1) is 11.8. The van der Waals surface area contributed by atoms with E-state index in [2.05, 4.69) is 47.6 Å². The summed E-state index contributed by atoms with van der Waals surface area (Å²) in [5.41, 5.74) is 2.53. The molecule has 0 spiro atoms. The Bertz CT molecular complexity index is 527. The molecule has 0 radical (unpaired) electrons. The van der Waals surface area contributed by atoms with Crippen molar-refractivity contribution in [2.45, 2.75) is 23.9 Å². The zero-order chi connectivity index (χ0) is 12.4. The van der Waals surface area contributed by atoms with Gasteiger partial charge in [-0.3, -0.25) is 4.98 Å². The van der Waals surface area contributed by atoms with Gasteiger partial charge in [-0.15, -0.1) is 11.8 Å². The molecule has 1 aliphatic heterocycles. The highest BCUT2D eigenvalue weighted by Gasteiger charge is 2.24. The van der Waals surface area contributed by atoms with Crippen molar-refractivity contribution in [3.8, 4) is 0 Å². The van der Waals surface area contributed by atoms with Crippen LogP contribution in [-0.4, -0.2) is 10.7 Å². The van der Waals surface area contributed by atoms with Crippen molar-refractivity contribution in [3.63, 3.8) is 0 Å². The monoisotopic (exact) mass is 256 g/mol. The van der Waals surface area contributed by atoms with Gasteiger partial charge in [-0.25, -0.2) is 0 Å². The lowest BCUT2D eigenvalue weighted by Crippen LogP contribution is -2.25. The van der Waals surface area contributed by atoms with Crippen molar-refractivity contribution in [1.82, 2.24) is 10.3 Å². The number of pyridine rings is 1. The van der Waals surface area contributed by atoms with Gasteiger partial charge in [0.05, 0.1) is 5.69 Å². The van der Waals surface area contributed by atoms with Gasteiger partial charge in [-0.05, 0) is 30.7 Å². The van der Waals surface area contributed by atoms with Crippen LogP contribution < -0.4 is 5.32 Å². The number of thioether (sulfide) groups is 1. The van der Waals surface area contributed by atoms with Crippen molar-refractivity contribution in [3.05, 3.63) is 59.9 Å². The normalized spacial score (nSPS) is 19.5. The number of hydrogen-bond acceptors (Lipinski definition) is 3. The maximum Gasteiger partial charge on any atom is 0.0570 e. The van der Waals surface area contributed by atoms with E-state index in [0.29, 0.717) is 6.04 Å². The van der Waals surface area contributed by atoms with Crippen LogP contribution in [0.4, 0.5) is 0 Å². The lowest BCUT2D eigenvalue weighted by atomic mass is 10.1. The van der Waals surface area contributed by atoms with Gasteiger partial charge in [0.15, 0.2) is 0 Å². The number of hydrogen-bond donors (Lipinski definition) is 1.